The first-order chi connectivity index (χ1) is 12.5. The van der Waals surface area contributed by atoms with Gasteiger partial charge in [0.2, 0.25) is 11.8 Å². The second kappa shape index (κ2) is 9.56. The summed E-state index contributed by atoms with van der Waals surface area (Å²) in [5.74, 6) is -0.0621. The monoisotopic (exact) mass is 358 g/mol. The molecule has 0 radical (unpaired) electrons. The van der Waals surface area contributed by atoms with Gasteiger partial charge < -0.3 is 15.0 Å². The van der Waals surface area contributed by atoms with E-state index >= 15 is 0 Å². The number of hydrogen-bond acceptors (Lipinski definition) is 3. The molecule has 0 heterocycles. The van der Waals surface area contributed by atoms with Crippen LogP contribution in [0.4, 0.5) is 10.1 Å². The molecule has 0 saturated heterocycles. The molecule has 0 aromatic heterocycles. The van der Waals surface area contributed by atoms with Crippen molar-refractivity contribution in [3.8, 4) is 5.75 Å². The van der Waals surface area contributed by atoms with Crippen molar-refractivity contribution < 1.29 is 18.7 Å². The Bertz CT molecular complexity index is 747. The third-order valence-electron chi connectivity index (χ3n) is 3.80. The Morgan fingerprint density at radius 2 is 1.81 bits per heavy atom. The maximum absolute atomic E-state index is 13.0. The average molecular weight is 358 g/mol. The zero-order chi connectivity index (χ0) is 18.9. The number of nitrogens with zero attached hydrogens (tertiary/aromatic N) is 1. The standard InChI is InChI=1S/C20H23FN2O3/c1-3-26-19-7-5-4-6-18(19)22-20(25)12-13-23(15(2)24)14-16-8-10-17(21)11-9-16/h4-11H,3,12-14H2,1-2H3,(H,22,25). The van der Waals surface area contributed by atoms with E-state index < -0.39 is 0 Å². The molecule has 0 unspecified atom stereocenters. The van der Waals surface area contributed by atoms with Crippen LogP contribution in [0.3, 0.4) is 0 Å². The topological polar surface area (TPSA) is 58.6 Å². The molecule has 2 rings (SSSR count). The third kappa shape index (κ3) is 5.88. The van der Waals surface area contributed by atoms with Crippen molar-refractivity contribution in [2.45, 2.75) is 26.8 Å². The van der Waals surface area contributed by atoms with Gasteiger partial charge in [-0.2, -0.15) is 0 Å². The van der Waals surface area contributed by atoms with Crippen molar-refractivity contribution in [1.29, 1.82) is 0 Å². The molecular formula is C20H23FN2O3. The number of hydrogen-bond donors (Lipinski definition) is 1. The quantitative estimate of drug-likeness (QED) is 0.784. The van der Waals surface area contributed by atoms with E-state index in [1.54, 1.807) is 29.2 Å². The molecule has 0 aliphatic rings. The van der Waals surface area contributed by atoms with Crippen LogP contribution in [0.5, 0.6) is 5.75 Å². The van der Waals surface area contributed by atoms with Gasteiger partial charge in [0.1, 0.15) is 11.6 Å². The van der Waals surface area contributed by atoms with Crippen LogP contribution in [0.25, 0.3) is 0 Å². The fraction of sp³-hybridized carbons (Fsp3) is 0.300. The first kappa shape index (κ1) is 19.4. The number of amides is 2. The zero-order valence-corrected chi connectivity index (χ0v) is 15.0. The summed E-state index contributed by atoms with van der Waals surface area (Å²) in [5.41, 5.74) is 1.41. The van der Waals surface area contributed by atoms with E-state index in [1.165, 1.54) is 19.1 Å². The van der Waals surface area contributed by atoms with E-state index in [0.29, 0.717) is 24.6 Å². The van der Waals surface area contributed by atoms with Crippen LogP contribution >= 0.6 is 0 Å². The predicted molar refractivity (Wildman–Crippen MR) is 98.3 cm³/mol. The highest BCUT2D eigenvalue weighted by atomic mass is 19.1. The molecule has 2 aromatic rings. The molecule has 0 aliphatic heterocycles. The lowest BCUT2D eigenvalue weighted by Gasteiger charge is -2.21. The number of rotatable bonds is 8. The molecule has 0 fully saturated rings. The summed E-state index contributed by atoms with van der Waals surface area (Å²) in [6.07, 6.45) is 0.154. The van der Waals surface area contributed by atoms with Gasteiger partial charge in [-0.25, -0.2) is 4.39 Å². The fourth-order valence-electron chi connectivity index (χ4n) is 2.46. The largest absolute Gasteiger partial charge is 0.492 e. The first-order valence-electron chi connectivity index (χ1n) is 8.51. The molecule has 2 aromatic carbocycles. The number of carbonyl (C=O) groups is 2. The number of ether oxygens (including phenoxy) is 1. The van der Waals surface area contributed by atoms with Gasteiger partial charge in [-0.05, 0) is 36.8 Å². The Hall–Kier alpha value is -2.89. The molecule has 0 atom stereocenters. The van der Waals surface area contributed by atoms with Gasteiger partial charge in [0.25, 0.3) is 0 Å². The van der Waals surface area contributed by atoms with Crippen molar-refractivity contribution in [2.24, 2.45) is 0 Å². The number of carbonyl (C=O) groups excluding carboxylic acids is 2. The molecule has 0 bridgehead atoms. The Morgan fingerprint density at radius 1 is 1.12 bits per heavy atom. The molecule has 0 saturated carbocycles. The number of halogens is 1. The minimum atomic E-state index is -0.324. The smallest absolute Gasteiger partial charge is 0.226 e. The summed E-state index contributed by atoms with van der Waals surface area (Å²) in [6, 6.07) is 13.2. The Labute approximate surface area is 152 Å². The van der Waals surface area contributed by atoms with Crippen LogP contribution in [-0.2, 0) is 16.1 Å². The molecule has 0 aliphatic carbocycles. The van der Waals surface area contributed by atoms with Crippen LogP contribution in [0, 0.1) is 5.82 Å². The van der Waals surface area contributed by atoms with E-state index in [4.69, 9.17) is 4.74 Å². The lowest BCUT2D eigenvalue weighted by molar-refractivity contribution is -0.129. The van der Waals surface area contributed by atoms with Crippen molar-refractivity contribution in [3.63, 3.8) is 0 Å². The van der Waals surface area contributed by atoms with E-state index in [-0.39, 0.29) is 30.6 Å². The highest BCUT2D eigenvalue weighted by Crippen LogP contribution is 2.23. The van der Waals surface area contributed by atoms with Crippen molar-refractivity contribution in [1.82, 2.24) is 4.90 Å². The van der Waals surface area contributed by atoms with Crippen LogP contribution in [0.2, 0.25) is 0 Å². The maximum atomic E-state index is 13.0. The molecule has 0 spiro atoms. The first-order valence-corrected chi connectivity index (χ1v) is 8.51. The van der Waals surface area contributed by atoms with Crippen LogP contribution in [-0.4, -0.2) is 29.9 Å². The highest BCUT2D eigenvalue weighted by molar-refractivity contribution is 5.92. The van der Waals surface area contributed by atoms with E-state index in [9.17, 15) is 14.0 Å². The minimum absolute atomic E-state index is 0.142. The minimum Gasteiger partial charge on any atom is -0.492 e. The van der Waals surface area contributed by atoms with Gasteiger partial charge >= 0.3 is 0 Å². The second-order valence-corrected chi connectivity index (χ2v) is 5.79. The van der Waals surface area contributed by atoms with Gasteiger partial charge in [-0.15, -0.1) is 0 Å². The van der Waals surface area contributed by atoms with Gasteiger partial charge in [-0.1, -0.05) is 24.3 Å². The summed E-state index contributed by atoms with van der Waals surface area (Å²) in [4.78, 5) is 25.6. The van der Waals surface area contributed by atoms with Gasteiger partial charge in [0.15, 0.2) is 0 Å². The molecule has 26 heavy (non-hydrogen) atoms. The van der Waals surface area contributed by atoms with Crippen molar-refractivity contribution in [2.75, 3.05) is 18.5 Å². The molecule has 5 nitrogen and oxygen atoms in total. The van der Waals surface area contributed by atoms with Crippen LogP contribution < -0.4 is 10.1 Å². The number of anilines is 1. The number of benzene rings is 2. The second-order valence-electron chi connectivity index (χ2n) is 5.79. The zero-order valence-electron chi connectivity index (χ0n) is 15.0. The van der Waals surface area contributed by atoms with Gasteiger partial charge in [0.05, 0.1) is 12.3 Å². The van der Waals surface area contributed by atoms with Crippen molar-refractivity contribution >= 4 is 17.5 Å². The van der Waals surface area contributed by atoms with Crippen LogP contribution in [0.15, 0.2) is 48.5 Å². The number of para-hydroxylation sites is 2. The summed E-state index contributed by atoms with van der Waals surface area (Å²) in [5, 5.41) is 2.81. The SMILES string of the molecule is CCOc1ccccc1NC(=O)CCN(Cc1ccc(F)cc1)C(C)=O. The molecule has 1 N–H and O–H groups in total. The van der Waals surface area contributed by atoms with Gasteiger partial charge in [0, 0.05) is 26.4 Å². The average Bonchev–Trinajstić information content (AvgIpc) is 2.62. The van der Waals surface area contributed by atoms with Gasteiger partial charge in [-0.3, -0.25) is 9.59 Å². The molecule has 2 amide bonds. The lowest BCUT2D eigenvalue weighted by atomic mass is 10.2. The Balaban J connectivity index is 1.93. The van der Waals surface area contributed by atoms with E-state index in [0.717, 1.165) is 5.56 Å². The van der Waals surface area contributed by atoms with E-state index in [1.807, 2.05) is 19.1 Å². The maximum Gasteiger partial charge on any atom is 0.226 e. The Morgan fingerprint density at radius 3 is 2.46 bits per heavy atom. The summed E-state index contributed by atoms with van der Waals surface area (Å²) in [6.45, 7) is 4.43. The summed E-state index contributed by atoms with van der Waals surface area (Å²) in [7, 11) is 0. The lowest BCUT2D eigenvalue weighted by Crippen LogP contribution is -2.31. The highest BCUT2D eigenvalue weighted by Gasteiger charge is 2.13. The number of nitrogens with one attached hydrogen (secondary N) is 1. The normalized spacial score (nSPS) is 10.3. The molecular weight excluding hydrogens is 335 g/mol. The van der Waals surface area contributed by atoms with Crippen LogP contribution in [0.1, 0.15) is 25.8 Å². The van der Waals surface area contributed by atoms with E-state index in [2.05, 4.69) is 5.32 Å². The summed E-state index contributed by atoms with van der Waals surface area (Å²) < 4.78 is 18.5. The molecule has 138 valence electrons. The summed E-state index contributed by atoms with van der Waals surface area (Å²) >= 11 is 0. The third-order valence-corrected chi connectivity index (χ3v) is 3.80. The Kier molecular flexibility index (Phi) is 7.14. The van der Waals surface area contributed by atoms with Crippen molar-refractivity contribution in [3.05, 3.63) is 59.9 Å². The molecule has 6 heteroatoms. The fourth-order valence-corrected chi connectivity index (χ4v) is 2.46. The predicted octanol–water partition coefficient (Wildman–Crippen LogP) is 3.60.